The van der Waals surface area contributed by atoms with Crippen LogP contribution in [-0.2, 0) is 0 Å². The number of aromatic nitrogens is 1. The number of nitrogens with one attached hydrogen (secondary N) is 2. The maximum Gasteiger partial charge on any atom is 0.257 e. The van der Waals surface area contributed by atoms with Crippen molar-refractivity contribution < 1.29 is 9.69 Å². The molecule has 1 amide bonds. The first-order valence-corrected chi connectivity index (χ1v) is 9.05. The van der Waals surface area contributed by atoms with Crippen molar-refractivity contribution in [1.82, 2.24) is 4.98 Å². The molecule has 2 heterocycles. The fourth-order valence-electron chi connectivity index (χ4n) is 2.75. The zero-order valence-corrected chi connectivity index (χ0v) is 15.9. The fraction of sp³-hybridized carbons (Fsp3) is 0.294. The van der Waals surface area contributed by atoms with Crippen molar-refractivity contribution in [3.05, 3.63) is 51.2 Å². The second kappa shape index (κ2) is 7.79. The van der Waals surface area contributed by atoms with Gasteiger partial charge in [0.05, 0.1) is 55.2 Å². The number of hydrogen-bond acceptors (Lipinski definition) is 3. The number of halogens is 3. The van der Waals surface area contributed by atoms with Gasteiger partial charge in [-0.3, -0.25) is 4.79 Å². The van der Waals surface area contributed by atoms with Crippen molar-refractivity contribution in [3.63, 3.8) is 0 Å². The number of quaternary nitrogens is 1. The first-order valence-electron chi connectivity index (χ1n) is 7.92. The van der Waals surface area contributed by atoms with Crippen molar-refractivity contribution >= 4 is 52.1 Å². The highest BCUT2D eigenvalue weighted by molar-refractivity contribution is 6.41. The van der Waals surface area contributed by atoms with Gasteiger partial charge in [-0.05, 0) is 24.3 Å². The summed E-state index contributed by atoms with van der Waals surface area (Å²) < 4.78 is 0. The number of hydrogen-bond donors (Lipinski definition) is 2. The first-order chi connectivity index (χ1) is 11.9. The Balaban J connectivity index is 1.84. The Labute approximate surface area is 161 Å². The molecule has 2 aromatic rings. The number of carbonyl (C=O) groups excluding carboxylic acids is 1. The van der Waals surface area contributed by atoms with Crippen molar-refractivity contribution in [2.24, 2.45) is 0 Å². The molecule has 0 atom stereocenters. The van der Waals surface area contributed by atoms with Crippen LogP contribution >= 0.6 is 34.8 Å². The Hall–Kier alpha value is -1.53. The summed E-state index contributed by atoms with van der Waals surface area (Å²) in [5.74, 6) is -0.311. The number of anilines is 2. The number of piperazine rings is 1. The molecule has 0 aliphatic carbocycles. The Morgan fingerprint density at radius 3 is 2.60 bits per heavy atom. The molecule has 0 bridgehead atoms. The van der Waals surface area contributed by atoms with Gasteiger partial charge in [0.15, 0.2) is 0 Å². The summed E-state index contributed by atoms with van der Waals surface area (Å²) in [7, 11) is 2.18. The van der Waals surface area contributed by atoms with Crippen LogP contribution in [0, 0.1) is 0 Å². The third kappa shape index (κ3) is 4.36. The van der Waals surface area contributed by atoms with E-state index in [-0.39, 0.29) is 16.1 Å². The lowest BCUT2D eigenvalue weighted by Gasteiger charge is -2.33. The van der Waals surface area contributed by atoms with Crippen molar-refractivity contribution in [2.75, 3.05) is 43.4 Å². The summed E-state index contributed by atoms with van der Waals surface area (Å²) >= 11 is 17.9. The monoisotopic (exact) mass is 399 g/mol. The molecule has 0 radical (unpaired) electrons. The number of nitrogens with zero attached hydrogens (tertiary/aromatic N) is 2. The van der Waals surface area contributed by atoms with Gasteiger partial charge < -0.3 is 15.1 Å². The molecule has 0 saturated carbocycles. The van der Waals surface area contributed by atoms with E-state index < -0.39 is 0 Å². The van der Waals surface area contributed by atoms with Crippen LogP contribution in [-0.4, -0.2) is 44.1 Å². The lowest BCUT2D eigenvalue weighted by molar-refractivity contribution is -0.880. The average Bonchev–Trinajstić information content (AvgIpc) is 2.58. The van der Waals surface area contributed by atoms with Crippen LogP contribution in [0.4, 0.5) is 11.4 Å². The van der Waals surface area contributed by atoms with Crippen molar-refractivity contribution in [1.29, 1.82) is 0 Å². The predicted octanol–water partition coefficient (Wildman–Crippen LogP) is 2.63. The SMILES string of the molecule is C[NH+]1CCN(c2ccc(Cl)cc2NC(=O)c2cnc(Cl)c(Cl)c2)CC1. The first kappa shape index (κ1) is 18.3. The van der Waals surface area contributed by atoms with Gasteiger partial charge in [0, 0.05) is 11.2 Å². The highest BCUT2D eigenvalue weighted by Crippen LogP contribution is 2.30. The second-order valence-electron chi connectivity index (χ2n) is 6.06. The highest BCUT2D eigenvalue weighted by atomic mass is 35.5. The van der Waals surface area contributed by atoms with Gasteiger partial charge in [0.1, 0.15) is 5.15 Å². The van der Waals surface area contributed by atoms with E-state index in [1.165, 1.54) is 17.2 Å². The van der Waals surface area contributed by atoms with E-state index in [2.05, 4.69) is 22.2 Å². The molecule has 1 aromatic heterocycles. The number of benzene rings is 1. The van der Waals surface area contributed by atoms with Gasteiger partial charge in [0.2, 0.25) is 0 Å². The van der Waals surface area contributed by atoms with Crippen LogP contribution in [0.25, 0.3) is 0 Å². The normalized spacial score (nSPS) is 15.3. The molecule has 1 fully saturated rings. The molecule has 25 heavy (non-hydrogen) atoms. The van der Waals surface area contributed by atoms with Crippen LogP contribution in [0.5, 0.6) is 0 Å². The van der Waals surface area contributed by atoms with Crippen molar-refractivity contribution in [2.45, 2.75) is 0 Å². The number of carbonyl (C=O) groups is 1. The maximum absolute atomic E-state index is 12.6. The molecule has 1 aliphatic rings. The van der Waals surface area contributed by atoms with Crippen LogP contribution in [0.3, 0.4) is 0 Å². The number of amides is 1. The van der Waals surface area contributed by atoms with E-state index in [4.69, 9.17) is 34.8 Å². The molecule has 132 valence electrons. The summed E-state index contributed by atoms with van der Waals surface area (Å²) in [6.45, 7) is 3.94. The molecule has 0 spiro atoms. The number of pyridine rings is 1. The van der Waals surface area contributed by atoms with Crippen LogP contribution in [0.15, 0.2) is 30.5 Å². The van der Waals surface area contributed by atoms with Crippen LogP contribution in [0.1, 0.15) is 10.4 Å². The Morgan fingerprint density at radius 1 is 1.20 bits per heavy atom. The second-order valence-corrected chi connectivity index (χ2v) is 7.26. The van der Waals surface area contributed by atoms with E-state index in [0.717, 1.165) is 31.9 Å². The lowest BCUT2D eigenvalue weighted by Crippen LogP contribution is -3.12. The topological polar surface area (TPSA) is 49.7 Å². The highest BCUT2D eigenvalue weighted by Gasteiger charge is 2.21. The third-order valence-corrected chi connectivity index (χ3v) is 5.14. The molecular weight excluding hydrogens is 383 g/mol. The molecule has 1 aliphatic heterocycles. The van der Waals surface area contributed by atoms with Crippen molar-refractivity contribution in [3.8, 4) is 0 Å². The molecule has 1 saturated heterocycles. The molecule has 8 heteroatoms. The quantitative estimate of drug-likeness (QED) is 0.779. The molecule has 1 aromatic carbocycles. The molecule has 5 nitrogen and oxygen atoms in total. The molecule has 2 N–H and O–H groups in total. The maximum atomic E-state index is 12.6. The molecule has 0 unspecified atom stereocenters. The zero-order chi connectivity index (χ0) is 18.0. The largest absolute Gasteiger partial charge is 0.359 e. The minimum atomic E-state index is -0.311. The number of rotatable bonds is 3. The third-order valence-electron chi connectivity index (χ3n) is 4.22. The van der Waals surface area contributed by atoms with E-state index >= 15 is 0 Å². The summed E-state index contributed by atoms with van der Waals surface area (Å²) in [5.41, 5.74) is 1.96. The predicted molar refractivity (Wildman–Crippen MR) is 102 cm³/mol. The standard InChI is InChI=1S/C17H17Cl3N4O/c1-23-4-6-24(7-5-23)15-3-2-12(18)9-14(15)22-17(25)11-8-13(19)16(20)21-10-11/h2-3,8-10H,4-7H2,1H3,(H,22,25)/p+1. The van der Waals surface area contributed by atoms with Crippen LogP contribution < -0.4 is 15.1 Å². The lowest BCUT2D eigenvalue weighted by atomic mass is 10.2. The summed E-state index contributed by atoms with van der Waals surface area (Å²) in [6.07, 6.45) is 1.40. The minimum Gasteiger partial charge on any atom is -0.359 e. The van der Waals surface area contributed by atoms with Crippen LogP contribution in [0.2, 0.25) is 15.2 Å². The Kier molecular flexibility index (Phi) is 5.69. The molecule has 3 rings (SSSR count). The van der Waals surface area contributed by atoms with Gasteiger partial charge in [-0.2, -0.15) is 0 Å². The molecular formula is C17H18Cl3N4O+. The number of likely N-dealkylation sites (N-methyl/N-ethyl adjacent to an activating group) is 1. The average molecular weight is 401 g/mol. The fourth-order valence-corrected chi connectivity index (χ4v) is 3.20. The van der Waals surface area contributed by atoms with Gasteiger partial charge in [-0.1, -0.05) is 34.8 Å². The van der Waals surface area contributed by atoms with E-state index in [9.17, 15) is 4.79 Å². The van der Waals surface area contributed by atoms with Gasteiger partial charge in [0.25, 0.3) is 5.91 Å². The van der Waals surface area contributed by atoms with E-state index in [0.29, 0.717) is 16.3 Å². The Bertz CT molecular complexity index is 791. The summed E-state index contributed by atoms with van der Waals surface area (Å²) in [5, 5.41) is 3.88. The summed E-state index contributed by atoms with van der Waals surface area (Å²) in [6, 6.07) is 7.02. The minimum absolute atomic E-state index is 0.168. The van der Waals surface area contributed by atoms with E-state index in [1.54, 1.807) is 6.07 Å². The van der Waals surface area contributed by atoms with Gasteiger partial charge in [-0.25, -0.2) is 4.98 Å². The van der Waals surface area contributed by atoms with E-state index in [1.807, 2.05) is 12.1 Å². The Morgan fingerprint density at radius 2 is 1.92 bits per heavy atom. The van der Waals surface area contributed by atoms with Gasteiger partial charge in [-0.15, -0.1) is 0 Å². The van der Waals surface area contributed by atoms with Gasteiger partial charge >= 0.3 is 0 Å². The summed E-state index contributed by atoms with van der Waals surface area (Å²) in [4.78, 5) is 20.2. The smallest absolute Gasteiger partial charge is 0.257 e. The zero-order valence-electron chi connectivity index (χ0n) is 13.7.